The minimum Gasteiger partial charge on any atom is -0.889 e. The van der Waals surface area contributed by atoms with Gasteiger partial charge >= 0.3 is 37.7 Å². The third kappa shape index (κ3) is 4.70. The van der Waals surface area contributed by atoms with Gasteiger partial charge in [0, 0.05) is 4.90 Å². The van der Waals surface area contributed by atoms with Crippen molar-refractivity contribution in [1.29, 1.82) is 0 Å². The maximum atomic E-state index is 10.3. The topological polar surface area (TPSA) is 46.1 Å². The van der Waals surface area contributed by atoms with Crippen LogP contribution in [0.3, 0.4) is 0 Å². The van der Waals surface area contributed by atoms with Crippen LogP contribution in [0.15, 0.2) is 29.2 Å². The fourth-order valence-corrected chi connectivity index (χ4v) is 0.781. The van der Waals surface area contributed by atoms with Crippen molar-refractivity contribution in [3.8, 4) is 0 Å². The first-order chi connectivity index (χ1) is 4.70. The molecule has 0 aliphatic carbocycles. The minimum absolute atomic E-state index is 0. The number of hydrogen-bond donors (Lipinski definition) is 1. The summed E-state index contributed by atoms with van der Waals surface area (Å²) < 4.78 is 0. The summed E-state index contributed by atoms with van der Waals surface area (Å²) in [6, 6.07) is 6.24. The molecule has 0 atom stereocenters. The van der Waals surface area contributed by atoms with E-state index >= 15 is 0 Å². The van der Waals surface area contributed by atoms with Crippen LogP contribution < -0.4 is 53.2 Å². The van der Waals surface area contributed by atoms with Crippen molar-refractivity contribution < 1.29 is 47.8 Å². The van der Waals surface area contributed by atoms with Crippen LogP contribution in [0.2, 0.25) is 0 Å². The Balaban J connectivity index is 0. The van der Waals surface area contributed by atoms with Crippen molar-refractivity contribution in [3.05, 3.63) is 24.3 Å². The molecule has 1 aromatic carbocycles. The zero-order valence-corrected chi connectivity index (χ0v) is 8.04. The zero-order valence-electron chi connectivity index (χ0n) is 7.15. The van der Waals surface area contributed by atoms with E-state index in [2.05, 4.69) is 12.6 Å². The molecule has 0 amide bonds. The molecule has 0 fully saturated rings. The van der Waals surface area contributed by atoms with Gasteiger partial charge in [0.15, 0.2) is 0 Å². The maximum absolute atomic E-state index is 10.3. The van der Waals surface area contributed by atoms with Gasteiger partial charge in [-0.05, 0) is 12.1 Å². The van der Waals surface area contributed by atoms with Crippen molar-refractivity contribution >= 4 is 25.2 Å². The summed E-state index contributed by atoms with van der Waals surface area (Å²) >= 11 is 4.00. The predicted octanol–water partition coefficient (Wildman–Crippen LogP) is -7.60. The molecule has 0 aliphatic heterocycles. The van der Waals surface area contributed by atoms with Gasteiger partial charge in [-0.25, -0.2) is 0 Å². The monoisotopic (exact) mass is 166 g/mol. The van der Waals surface area contributed by atoms with Crippen molar-refractivity contribution in [2.24, 2.45) is 0 Å². The van der Waals surface area contributed by atoms with Crippen molar-refractivity contribution in [3.63, 3.8) is 0 Å². The maximum Gasteiger partial charge on any atom is 1.00 e. The van der Waals surface area contributed by atoms with E-state index in [1.54, 1.807) is 12.1 Å². The second kappa shape index (κ2) is 7.18. The zero-order chi connectivity index (χ0) is 7.56. The molecule has 0 heterocycles. The van der Waals surface area contributed by atoms with Crippen LogP contribution in [0, 0.1) is 0 Å². The minimum atomic E-state index is -1.88. The first kappa shape index (κ1) is 15.2. The van der Waals surface area contributed by atoms with E-state index in [1.807, 2.05) is 0 Å². The second-order valence-electron chi connectivity index (χ2n) is 1.92. The average molecular weight is 166 g/mol. The largest absolute Gasteiger partial charge is 1.00 e. The van der Waals surface area contributed by atoms with Crippen molar-refractivity contribution in [2.45, 2.75) is 4.90 Å². The predicted molar refractivity (Wildman–Crippen MR) is 39.1 cm³/mol. The Morgan fingerprint density at radius 3 is 1.75 bits per heavy atom. The van der Waals surface area contributed by atoms with E-state index in [-0.39, 0.29) is 43.2 Å². The molecule has 0 radical (unpaired) electrons. The molecule has 0 aliphatic rings. The van der Waals surface area contributed by atoms with Crippen LogP contribution in [0.25, 0.3) is 0 Å². The molecule has 6 heteroatoms. The average Bonchev–Trinajstić information content (AvgIpc) is 1.88. The molecule has 0 spiro atoms. The molecule has 0 bridgehead atoms. The Morgan fingerprint density at radius 2 is 1.42 bits per heavy atom. The second-order valence-corrected chi connectivity index (χ2v) is 2.44. The van der Waals surface area contributed by atoms with E-state index in [4.69, 9.17) is 0 Å². The number of thiol groups is 1. The number of rotatable bonds is 1. The van der Waals surface area contributed by atoms with Crippen LogP contribution >= 0.6 is 12.6 Å². The summed E-state index contributed by atoms with van der Waals surface area (Å²) in [5, 5.41) is 20.5. The summed E-state index contributed by atoms with van der Waals surface area (Å²) in [6.07, 6.45) is 0. The van der Waals surface area contributed by atoms with Crippen LogP contribution in [0.4, 0.5) is 0 Å². The van der Waals surface area contributed by atoms with E-state index in [0.29, 0.717) is 0 Å². The van der Waals surface area contributed by atoms with Gasteiger partial charge in [-0.1, -0.05) is 19.3 Å². The molecule has 1 rings (SSSR count). The Kier molecular flexibility index (Phi) is 9.12. The van der Waals surface area contributed by atoms with E-state index in [1.165, 1.54) is 12.1 Å². The standard InChI is InChI=1S/C6H5BO2S.2Li/c8-7(9)5-1-3-6(10)4-2-5;;/h1-4,10H;;/q-2;2*+1. The third-order valence-corrected chi connectivity index (χ3v) is 1.46. The van der Waals surface area contributed by atoms with Crippen LogP contribution in [-0.4, -0.2) is 7.12 Å². The normalized spacial score (nSPS) is 7.92. The van der Waals surface area contributed by atoms with Gasteiger partial charge in [0.05, 0.1) is 0 Å². The third-order valence-electron chi connectivity index (χ3n) is 1.17. The SMILES string of the molecule is [Li+].[Li+].[O-]B([O-])c1ccc(S)cc1. The van der Waals surface area contributed by atoms with Crippen molar-refractivity contribution in [2.75, 3.05) is 0 Å². The van der Waals surface area contributed by atoms with E-state index in [0.717, 1.165) is 4.90 Å². The quantitative estimate of drug-likeness (QED) is 0.332. The summed E-state index contributed by atoms with van der Waals surface area (Å²) in [6.45, 7) is 0. The Morgan fingerprint density at radius 1 is 1.00 bits per heavy atom. The molecule has 12 heavy (non-hydrogen) atoms. The van der Waals surface area contributed by atoms with E-state index < -0.39 is 7.12 Å². The summed E-state index contributed by atoms with van der Waals surface area (Å²) in [4.78, 5) is 0.754. The molecular weight excluding hydrogens is 161 g/mol. The van der Waals surface area contributed by atoms with Gasteiger partial charge in [-0.3, -0.25) is 0 Å². The van der Waals surface area contributed by atoms with Crippen LogP contribution in [0.5, 0.6) is 0 Å². The Bertz CT molecular complexity index is 217. The van der Waals surface area contributed by atoms with Crippen molar-refractivity contribution in [1.82, 2.24) is 0 Å². The number of benzene rings is 1. The molecular formula is C6H5BLi2O2S. The van der Waals surface area contributed by atoms with Gasteiger partial charge in [-0.15, -0.1) is 18.1 Å². The Hall–Kier alpha value is 0.750. The Labute approximate surface area is 102 Å². The molecule has 1 aromatic rings. The van der Waals surface area contributed by atoms with Crippen LogP contribution in [-0.2, 0) is 0 Å². The summed E-state index contributed by atoms with van der Waals surface area (Å²) in [5.41, 5.74) is 0.262. The van der Waals surface area contributed by atoms with Gasteiger partial charge in [0.25, 0.3) is 0 Å². The van der Waals surface area contributed by atoms with Gasteiger partial charge in [-0.2, -0.15) is 0 Å². The van der Waals surface area contributed by atoms with Gasteiger partial charge in [0.2, 0.25) is 0 Å². The van der Waals surface area contributed by atoms with Gasteiger partial charge < -0.3 is 10.0 Å². The molecule has 0 saturated heterocycles. The molecule has 2 nitrogen and oxygen atoms in total. The first-order valence-corrected chi connectivity index (χ1v) is 3.25. The molecule has 52 valence electrons. The first-order valence-electron chi connectivity index (χ1n) is 2.81. The fraction of sp³-hybridized carbons (Fsp3) is 0. The molecule has 0 N–H and O–H groups in total. The molecule has 0 unspecified atom stereocenters. The molecule has 0 aromatic heterocycles. The smallest absolute Gasteiger partial charge is 0.889 e. The van der Waals surface area contributed by atoms with E-state index in [9.17, 15) is 10.0 Å². The van der Waals surface area contributed by atoms with Crippen LogP contribution in [0.1, 0.15) is 0 Å². The summed E-state index contributed by atoms with van der Waals surface area (Å²) in [7, 11) is -1.88. The number of hydrogen-bond acceptors (Lipinski definition) is 3. The molecule has 0 saturated carbocycles. The fourth-order valence-electron chi connectivity index (χ4n) is 0.631. The summed E-state index contributed by atoms with van der Waals surface area (Å²) in [5.74, 6) is 0. The van der Waals surface area contributed by atoms with Gasteiger partial charge in [0.1, 0.15) is 0 Å².